The van der Waals surface area contributed by atoms with Crippen LogP contribution in [0.2, 0.25) is 5.02 Å². The Kier molecular flexibility index (Phi) is 3.92. The molecule has 0 radical (unpaired) electrons. The summed E-state index contributed by atoms with van der Waals surface area (Å²) in [6.45, 7) is 0. The monoisotopic (exact) mass is 290 g/mol. The third kappa shape index (κ3) is 2.96. The minimum atomic E-state index is 0.529. The topological polar surface area (TPSA) is 56.7 Å². The first kappa shape index (κ1) is 13.4. The number of aromatic nitrogens is 3. The van der Waals surface area contributed by atoms with E-state index in [1.807, 2.05) is 6.07 Å². The fraction of sp³-hybridized carbons (Fsp3) is 0.467. The van der Waals surface area contributed by atoms with Crippen molar-refractivity contribution in [2.75, 3.05) is 5.73 Å². The van der Waals surface area contributed by atoms with Crippen molar-refractivity contribution < 1.29 is 0 Å². The van der Waals surface area contributed by atoms with Crippen molar-refractivity contribution in [1.29, 1.82) is 0 Å². The van der Waals surface area contributed by atoms with Crippen LogP contribution in [0, 0.1) is 0 Å². The summed E-state index contributed by atoms with van der Waals surface area (Å²) in [5.74, 6) is 0.529. The number of nitrogen functional groups attached to an aromatic ring is 1. The van der Waals surface area contributed by atoms with E-state index in [0.717, 1.165) is 11.3 Å². The zero-order valence-electron chi connectivity index (χ0n) is 11.4. The van der Waals surface area contributed by atoms with Gasteiger partial charge in [0.25, 0.3) is 0 Å². The van der Waals surface area contributed by atoms with Gasteiger partial charge in [0.15, 0.2) is 0 Å². The van der Waals surface area contributed by atoms with Gasteiger partial charge in [-0.1, -0.05) is 30.9 Å². The molecule has 2 N–H and O–H groups in total. The quantitative estimate of drug-likeness (QED) is 0.939. The van der Waals surface area contributed by atoms with Gasteiger partial charge in [-0.15, -0.1) is 0 Å². The van der Waals surface area contributed by atoms with Gasteiger partial charge in [0, 0.05) is 24.4 Å². The van der Waals surface area contributed by atoms with Crippen LogP contribution in [0.5, 0.6) is 0 Å². The van der Waals surface area contributed by atoms with Crippen LogP contribution < -0.4 is 5.73 Å². The molecule has 0 amide bonds. The molecule has 2 heterocycles. The number of anilines is 1. The second-order valence-electron chi connectivity index (χ2n) is 5.45. The second-order valence-corrected chi connectivity index (χ2v) is 5.89. The molecule has 2 aromatic heterocycles. The van der Waals surface area contributed by atoms with Crippen LogP contribution in [0.25, 0.3) is 0 Å². The van der Waals surface area contributed by atoms with Gasteiger partial charge in [0.1, 0.15) is 5.82 Å². The fourth-order valence-electron chi connectivity index (χ4n) is 2.85. The van der Waals surface area contributed by atoms with Crippen LogP contribution in [0.4, 0.5) is 5.82 Å². The number of rotatable bonds is 3. The first-order chi connectivity index (χ1) is 9.72. The molecule has 5 heteroatoms. The van der Waals surface area contributed by atoms with Crippen molar-refractivity contribution >= 4 is 17.4 Å². The number of halogens is 1. The second kappa shape index (κ2) is 5.83. The number of hydrogen-bond donors (Lipinski definition) is 1. The van der Waals surface area contributed by atoms with Gasteiger partial charge in [-0.2, -0.15) is 5.10 Å². The van der Waals surface area contributed by atoms with E-state index in [1.54, 1.807) is 6.20 Å². The predicted molar refractivity (Wildman–Crippen MR) is 80.8 cm³/mol. The van der Waals surface area contributed by atoms with Crippen molar-refractivity contribution in [3.63, 3.8) is 0 Å². The highest BCUT2D eigenvalue weighted by Gasteiger charge is 2.16. The summed E-state index contributed by atoms with van der Waals surface area (Å²) in [6, 6.07) is 4.49. The highest BCUT2D eigenvalue weighted by atomic mass is 35.5. The highest BCUT2D eigenvalue weighted by Crippen LogP contribution is 2.27. The normalized spacial score (nSPS) is 16.4. The van der Waals surface area contributed by atoms with E-state index in [1.165, 1.54) is 32.1 Å². The van der Waals surface area contributed by atoms with E-state index in [4.69, 9.17) is 22.4 Å². The van der Waals surface area contributed by atoms with E-state index in [-0.39, 0.29) is 0 Å². The third-order valence-corrected chi connectivity index (χ3v) is 4.16. The molecule has 106 valence electrons. The molecule has 3 rings (SSSR count). The van der Waals surface area contributed by atoms with Gasteiger partial charge >= 0.3 is 0 Å². The van der Waals surface area contributed by atoms with Crippen LogP contribution in [0.1, 0.15) is 49.4 Å². The van der Waals surface area contributed by atoms with Crippen LogP contribution in [0.15, 0.2) is 24.5 Å². The third-order valence-electron chi connectivity index (χ3n) is 3.95. The first-order valence-corrected chi connectivity index (χ1v) is 7.54. The summed E-state index contributed by atoms with van der Waals surface area (Å²) < 4.78 is 2.11. The Morgan fingerprint density at radius 2 is 2.10 bits per heavy atom. The smallest absolute Gasteiger partial charge is 0.127 e. The maximum atomic E-state index is 5.97. The molecule has 0 atom stereocenters. The maximum absolute atomic E-state index is 5.97. The van der Waals surface area contributed by atoms with E-state index < -0.39 is 0 Å². The van der Waals surface area contributed by atoms with Gasteiger partial charge in [0.2, 0.25) is 0 Å². The minimum absolute atomic E-state index is 0.529. The Hall–Kier alpha value is -1.55. The Labute approximate surface area is 124 Å². The van der Waals surface area contributed by atoms with Gasteiger partial charge in [0.05, 0.1) is 16.8 Å². The van der Waals surface area contributed by atoms with Gasteiger partial charge in [-0.05, 0) is 25.0 Å². The Balaban J connectivity index is 1.75. The molecule has 1 aliphatic rings. The molecule has 4 nitrogen and oxygen atoms in total. The first-order valence-electron chi connectivity index (χ1n) is 7.16. The van der Waals surface area contributed by atoms with E-state index in [2.05, 4.69) is 21.9 Å². The van der Waals surface area contributed by atoms with E-state index in [9.17, 15) is 0 Å². The molecule has 0 bridgehead atoms. The largest absolute Gasteiger partial charge is 0.383 e. The average Bonchev–Trinajstić information content (AvgIpc) is 2.92. The molecule has 1 saturated carbocycles. The lowest BCUT2D eigenvalue weighted by molar-refractivity contribution is 0.328. The number of nitrogens with zero attached hydrogens (tertiary/aromatic N) is 3. The zero-order valence-corrected chi connectivity index (χ0v) is 12.2. The summed E-state index contributed by atoms with van der Waals surface area (Å²) in [6.07, 6.45) is 10.8. The van der Waals surface area contributed by atoms with Gasteiger partial charge in [-0.25, -0.2) is 4.98 Å². The van der Waals surface area contributed by atoms with Gasteiger partial charge in [-0.3, -0.25) is 4.68 Å². The molecule has 1 aliphatic carbocycles. The summed E-state index contributed by atoms with van der Waals surface area (Å²) in [4.78, 5) is 4.08. The van der Waals surface area contributed by atoms with Crippen molar-refractivity contribution in [1.82, 2.24) is 14.8 Å². The Bertz CT molecular complexity index is 587. The highest BCUT2D eigenvalue weighted by molar-refractivity contribution is 6.30. The van der Waals surface area contributed by atoms with E-state index in [0.29, 0.717) is 23.3 Å². The molecule has 2 aromatic rings. The summed E-state index contributed by atoms with van der Waals surface area (Å²) >= 11 is 5.97. The molecular formula is C15H19ClN4. The van der Waals surface area contributed by atoms with Crippen molar-refractivity contribution in [3.05, 3.63) is 40.8 Å². The average molecular weight is 291 g/mol. The van der Waals surface area contributed by atoms with E-state index >= 15 is 0 Å². The van der Waals surface area contributed by atoms with Crippen LogP contribution in [-0.4, -0.2) is 14.8 Å². The molecule has 0 unspecified atom stereocenters. The predicted octanol–water partition coefficient (Wildman–Crippen LogP) is 3.61. The Morgan fingerprint density at radius 1 is 1.30 bits per heavy atom. The van der Waals surface area contributed by atoms with Crippen molar-refractivity contribution in [3.8, 4) is 0 Å². The van der Waals surface area contributed by atoms with Crippen molar-refractivity contribution in [2.45, 2.75) is 44.6 Å². The summed E-state index contributed by atoms with van der Waals surface area (Å²) in [5, 5.41) is 5.30. The minimum Gasteiger partial charge on any atom is -0.383 e. The lowest BCUT2D eigenvalue weighted by Gasteiger charge is -2.21. The van der Waals surface area contributed by atoms with Gasteiger partial charge < -0.3 is 5.73 Å². The lowest BCUT2D eigenvalue weighted by atomic mass is 9.96. The standard InChI is InChI=1S/C15H19ClN4/c16-12-8-11(15(17)18-10-12)9-13-6-7-20(19-13)14-4-2-1-3-5-14/h6-8,10,14H,1-5,9H2,(H2,17,18). The van der Waals surface area contributed by atoms with Crippen LogP contribution in [0.3, 0.4) is 0 Å². The molecule has 0 spiro atoms. The Morgan fingerprint density at radius 3 is 2.90 bits per heavy atom. The molecule has 0 saturated heterocycles. The number of hydrogen-bond acceptors (Lipinski definition) is 3. The molecular weight excluding hydrogens is 272 g/mol. The molecule has 0 aliphatic heterocycles. The molecule has 20 heavy (non-hydrogen) atoms. The van der Waals surface area contributed by atoms with Crippen LogP contribution >= 0.6 is 11.6 Å². The summed E-state index contributed by atoms with van der Waals surface area (Å²) in [7, 11) is 0. The fourth-order valence-corrected chi connectivity index (χ4v) is 3.03. The molecule has 1 fully saturated rings. The zero-order chi connectivity index (χ0) is 13.9. The van der Waals surface area contributed by atoms with Crippen LogP contribution in [-0.2, 0) is 6.42 Å². The lowest BCUT2D eigenvalue weighted by Crippen LogP contribution is -2.13. The number of pyridine rings is 1. The molecule has 0 aromatic carbocycles. The summed E-state index contributed by atoms with van der Waals surface area (Å²) in [5.41, 5.74) is 7.84. The number of nitrogens with two attached hydrogens (primary N) is 1. The van der Waals surface area contributed by atoms with Crippen molar-refractivity contribution in [2.24, 2.45) is 0 Å². The maximum Gasteiger partial charge on any atom is 0.127 e. The SMILES string of the molecule is Nc1ncc(Cl)cc1Cc1ccn(C2CCCCC2)n1.